The Morgan fingerprint density at radius 1 is 1.43 bits per heavy atom. The first kappa shape index (κ1) is 16.1. The predicted octanol–water partition coefficient (Wildman–Crippen LogP) is 2.27. The Balaban J connectivity index is 1.57. The van der Waals surface area contributed by atoms with E-state index in [0.29, 0.717) is 29.5 Å². The molecule has 1 atom stereocenters. The molecular formula is C15H21NO4S. The highest BCUT2D eigenvalue weighted by molar-refractivity contribution is 7.15. The SMILES string of the molecule is CC(=O)c1ccc(C(=O)NCCCOC[C@@H]2CCCO2)s1. The third-order valence-corrected chi connectivity index (χ3v) is 4.44. The molecule has 0 aromatic carbocycles. The number of nitrogens with one attached hydrogen (secondary N) is 1. The van der Waals surface area contributed by atoms with Crippen molar-refractivity contribution >= 4 is 23.0 Å². The van der Waals surface area contributed by atoms with Gasteiger partial charge >= 0.3 is 0 Å². The molecule has 0 saturated carbocycles. The van der Waals surface area contributed by atoms with Crippen molar-refractivity contribution in [1.82, 2.24) is 5.32 Å². The normalized spacial score (nSPS) is 17.9. The summed E-state index contributed by atoms with van der Waals surface area (Å²) in [5, 5.41) is 2.83. The lowest BCUT2D eigenvalue weighted by molar-refractivity contribution is 0.0166. The lowest BCUT2D eigenvalue weighted by Crippen LogP contribution is -2.25. The first-order valence-corrected chi connectivity index (χ1v) is 8.07. The fourth-order valence-corrected chi connectivity index (χ4v) is 2.92. The highest BCUT2D eigenvalue weighted by atomic mass is 32.1. The van der Waals surface area contributed by atoms with Crippen molar-refractivity contribution in [3.05, 3.63) is 21.9 Å². The zero-order valence-corrected chi connectivity index (χ0v) is 13.0. The van der Waals surface area contributed by atoms with Crippen molar-refractivity contribution < 1.29 is 19.1 Å². The molecular weight excluding hydrogens is 290 g/mol. The van der Waals surface area contributed by atoms with Crippen molar-refractivity contribution in [2.24, 2.45) is 0 Å². The van der Waals surface area contributed by atoms with E-state index in [2.05, 4.69) is 5.32 Å². The molecule has 0 spiro atoms. The number of hydrogen-bond acceptors (Lipinski definition) is 5. The van der Waals surface area contributed by atoms with Gasteiger partial charge in [-0.15, -0.1) is 11.3 Å². The molecule has 6 heteroatoms. The van der Waals surface area contributed by atoms with Crippen molar-refractivity contribution in [2.75, 3.05) is 26.4 Å². The molecule has 5 nitrogen and oxygen atoms in total. The quantitative estimate of drug-likeness (QED) is 0.591. The van der Waals surface area contributed by atoms with Crippen molar-refractivity contribution in [3.8, 4) is 0 Å². The van der Waals surface area contributed by atoms with E-state index in [1.807, 2.05) is 0 Å². The largest absolute Gasteiger partial charge is 0.379 e. The van der Waals surface area contributed by atoms with Crippen molar-refractivity contribution in [2.45, 2.75) is 32.3 Å². The molecule has 0 bridgehead atoms. The second-order valence-corrected chi connectivity index (χ2v) is 6.12. The van der Waals surface area contributed by atoms with Gasteiger partial charge in [-0.25, -0.2) is 0 Å². The van der Waals surface area contributed by atoms with Gasteiger partial charge in [0, 0.05) is 19.8 Å². The monoisotopic (exact) mass is 311 g/mol. The van der Waals surface area contributed by atoms with Crippen LogP contribution in [-0.4, -0.2) is 44.2 Å². The highest BCUT2D eigenvalue weighted by Crippen LogP contribution is 2.16. The maximum absolute atomic E-state index is 11.8. The van der Waals surface area contributed by atoms with Crippen LogP contribution in [0.15, 0.2) is 12.1 Å². The minimum absolute atomic E-state index is 0.0124. The van der Waals surface area contributed by atoms with Crippen LogP contribution in [0.2, 0.25) is 0 Å². The number of carbonyl (C=O) groups excluding carboxylic acids is 2. The summed E-state index contributed by atoms with van der Waals surface area (Å²) in [7, 11) is 0. The van der Waals surface area contributed by atoms with Gasteiger partial charge < -0.3 is 14.8 Å². The predicted molar refractivity (Wildman–Crippen MR) is 81.1 cm³/mol. The molecule has 1 N–H and O–H groups in total. The summed E-state index contributed by atoms with van der Waals surface area (Å²) < 4.78 is 11.0. The second kappa shape index (κ2) is 8.26. The van der Waals surface area contributed by atoms with Gasteiger partial charge in [0.1, 0.15) is 0 Å². The Kier molecular flexibility index (Phi) is 6.35. The second-order valence-electron chi connectivity index (χ2n) is 5.04. The molecule has 0 unspecified atom stereocenters. The third kappa shape index (κ3) is 5.22. The first-order valence-electron chi connectivity index (χ1n) is 7.25. The summed E-state index contributed by atoms with van der Waals surface area (Å²) in [4.78, 5) is 24.2. The minimum Gasteiger partial charge on any atom is -0.379 e. The number of rotatable bonds is 8. The van der Waals surface area contributed by atoms with E-state index in [4.69, 9.17) is 9.47 Å². The van der Waals surface area contributed by atoms with Gasteiger partial charge in [-0.1, -0.05) is 0 Å². The maximum Gasteiger partial charge on any atom is 0.261 e. The smallest absolute Gasteiger partial charge is 0.261 e. The van der Waals surface area contributed by atoms with Gasteiger partial charge in [-0.3, -0.25) is 9.59 Å². The number of ether oxygens (including phenoxy) is 2. The van der Waals surface area contributed by atoms with Crippen LogP contribution in [0.3, 0.4) is 0 Å². The van der Waals surface area contributed by atoms with E-state index < -0.39 is 0 Å². The van der Waals surface area contributed by atoms with Gasteiger partial charge in [0.25, 0.3) is 5.91 Å². The molecule has 116 valence electrons. The Morgan fingerprint density at radius 2 is 2.24 bits per heavy atom. The molecule has 1 amide bonds. The van der Waals surface area contributed by atoms with Gasteiger partial charge in [0.05, 0.1) is 22.5 Å². The van der Waals surface area contributed by atoms with E-state index in [0.717, 1.165) is 25.9 Å². The standard InChI is InChI=1S/C15H21NO4S/c1-11(17)13-5-6-14(21-13)15(18)16-7-3-8-19-10-12-4-2-9-20-12/h5-6,12H,2-4,7-10H2,1H3,(H,16,18)/t12-/m0/s1. The molecule has 1 aromatic rings. The molecule has 1 aromatic heterocycles. The van der Waals surface area contributed by atoms with E-state index in [-0.39, 0.29) is 17.8 Å². The first-order chi connectivity index (χ1) is 10.2. The van der Waals surface area contributed by atoms with Crippen LogP contribution in [0.25, 0.3) is 0 Å². The van der Waals surface area contributed by atoms with Gasteiger partial charge in [0.2, 0.25) is 0 Å². The number of ketones is 1. The Bertz CT molecular complexity index is 480. The summed E-state index contributed by atoms with van der Waals surface area (Å²) in [5.41, 5.74) is 0. The fraction of sp³-hybridized carbons (Fsp3) is 0.600. The van der Waals surface area contributed by atoms with Gasteiger partial charge in [0.15, 0.2) is 5.78 Å². The van der Waals surface area contributed by atoms with Crippen LogP contribution in [0.1, 0.15) is 45.5 Å². The summed E-state index contributed by atoms with van der Waals surface area (Å²) in [5.74, 6) is -0.145. The van der Waals surface area contributed by atoms with E-state index in [1.165, 1.54) is 18.3 Å². The van der Waals surface area contributed by atoms with Crippen LogP contribution in [0.5, 0.6) is 0 Å². The number of carbonyl (C=O) groups is 2. The molecule has 0 aliphatic carbocycles. The topological polar surface area (TPSA) is 64.6 Å². The number of thiophene rings is 1. The average molecular weight is 311 g/mol. The number of Topliss-reactive ketones (excluding diaryl/α,β-unsaturated/α-hetero) is 1. The van der Waals surface area contributed by atoms with Gasteiger partial charge in [-0.05, 0) is 38.3 Å². The Labute approximate surface area is 128 Å². The van der Waals surface area contributed by atoms with E-state index in [9.17, 15) is 9.59 Å². The van der Waals surface area contributed by atoms with Gasteiger partial charge in [-0.2, -0.15) is 0 Å². The fourth-order valence-electron chi connectivity index (χ4n) is 2.10. The minimum atomic E-state index is -0.133. The lowest BCUT2D eigenvalue weighted by Gasteiger charge is -2.10. The molecule has 2 rings (SSSR count). The Hall–Kier alpha value is -1.24. The zero-order valence-electron chi connectivity index (χ0n) is 12.2. The van der Waals surface area contributed by atoms with E-state index >= 15 is 0 Å². The summed E-state index contributed by atoms with van der Waals surface area (Å²) in [6.07, 6.45) is 3.21. The summed E-state index contributed by atoms with van der Waals surface area (Å²) in [6.45, 7) is 4.16. The molecule has 1 saturated heterocycles. The number of amides is 1. The molecule has 1 aliphatic heterocycles. The summed E-state index contributed by atoms with van der Waals surface area (Å²) in [6, 6.07) is 3.37. The molecule has 1 aliphatic rings. The molecule has 0 radical (unpaired) electrons. The molecule has 1 fully saturated rings. The maximum atomic E-state index is 11.8. The van der Waals surface area contributed by atoms with Crippen molar-refractivity contribution in [1.29, 1.82) is 0 Å². The zero-order chi connectivity index (χ0) is 15.1. The van der Waals surface area contributed by atoms with Crippen LogP contribution in [0.4, 0.5) is 0 Å². The third-order valence-electron chi connectivity index (χ3n) is 3.26. The van der Waals surface area contributed by atoms with Crippen LogP contribution < -0.4 is 5.32 Å². The van der Waals surface area contributed by atoms with Crippen LogP contribution in [0, 0.1) is 0 Å². The Morgan fingerprint density at radius 3 is 2.90 bits per heavy atom. The van der Waals surface area contributed by atoms with E-state index in [1.54, 1.807) is 12.1 Å². The number of hydrogen-bond donors (Lipinski definition) is 1. The van der Waals surface area contributed by atoms with Crippen LogP contribution in [-0.2, 0) is 9.47 Å². The van der Waals surface area contributed by atoms with Crippen molar-refractivity contribution in [3.63, 3.8) is 0 Å². The highest BCUT2D eigenvalue weighted by Gasteiger charge is 2.15. The lowest BCUT2D eigenvalue weighted by atomic mass is 10.2. The van der Waals surface area contributed by atoms with Crippen LogP contribution >= 0.6 is 11.3 Å². The summed E-state index contributed by atoms with van der Waals surface area (Å²) >= 11 is 1.22. The average Bonchev–Trinajstić information content (AvgIpc) is 3.13. The molecule has 21 heavy (non-hydrogen) atoms. The molecule has 2 heterocycles.